The second kappa shape index (κ2) is 5.92. The van der Waals surface area contributed by atoms with E-state index in [-0.39, 0.29) is 4.90 Å². The average Bonchev–Trinajstić information content (AvgIpc) is 2.83. The molecule has 0 atom stereocenters. The third-order valence-corrected chi connectivity index (χ3v) is 5.24. The van der Waals surface area contributed by atoms with Gasteiger partial charge in [0.05, 0.1) is 9.92 Å². The fourth-order valence-corrected chi connectivity index (χ4v) is 3.25. The van der Waals surface area contributed by atoms with E-state index in [1.165, 1.54) is 7.05 Å². The minimum absolute atomic E-state index is 0.250. The summed E-state index contributed by atoms with van der Waals surface area (Å²) < 4.78 is 25.4. The van der Waals surface area contributed by atoms with Gasteiger partial charge in [-0.05, 0) is 37.4 Å². The molecule has 4 nitrogen and oxygen atoms in total. The Bertz CT molecular complexity index is 651. The van der Waals surface area contributed by atoms with Crippen LogP contribution in [0.25, 0.3) is 0 Å². The highest BCUT2D eigenvalue weighted by Gasteiger charge is 2.10. The van der Waals surface area contributed by atoms with Gasteiger partial charge in [-0.3, -0.25) is 0 Å². The van der Waals surface area contributed by atoms with Crippen LogP contribution in [0.5, 0.6) is 0 Å². The van der Waals surface area contributed by atoms with Crippen LogP contribution in [0.3, 0.4) is 0 Å². The molecule has 2 rings (SSSR count). The average molecular weight is 317 g/mol. The van der Waals surface area contributed by atoms with Gasteiger partial charge in [-0.1, -0.05) is 11.6 Å². The van der Waals surface area contributed by atoms with Crippen molar-refractivity contribution < 1.29 is 8.42 Å². The number of sulfonamides is 1. The van der Waals surface area contributed by atoms with Crippen LogP contribution in [0.4, 0.5) is 5.69 Å². The van der Waals surface area contributed by atoms with E-state index in [9.17, 15) is 8.42 Å². The normalized spacial score (nSPS) is 11.5. The van der Waals surface area contributed by atoms with E-state index in [0.717, 1.165) is 15.6 Å². The maximum Gasteiger partial charge on any atom is 0.240 e. The molecule has 2 aromatic rings. The van der Waals surface area contributed by atoms with Crippen LogP contribution in [0.1, 0.15) is 4.88 Å². The van der Waals surface area contributed by atoms with Crippen LogP contribution in [-0.2, 0) is 16.6 Å². The smallest absolute Gasteiger partial charge is 0.240 e. The molecule has 1 aromatic heterocycles. The van der Waals surface area contributed by atoms with Gasteiger partial charge in [0, 0.05) is 22.5 Å². The molecule has 1 heterocycles. The van der Waals surface area contributed by atoms with E-state index < -0.39 is 10.0 Å². The summed E-state index contributed by atoms with van der Waals surface area (Å²) in [7, 11) is -1.98. The van der Waals surface area contributed by atoms with Crippen molar-refractivity contribution in [1.82, 2.24) is 4.72 Å². The van der Waals surface area contributed by atoms with E-state index in [1.807, 2.05) is 11.4 Å². The van der Waals surface area contributed by atoms with Crippen molar-refractivity contribution in [2.24, 2.45) is 0 Å². The molecule has 0 saturated heterocycles. The summed E-state index contributed by atoms with van der Waals surface area (Å²) >= 11 is 7.42. The molecule has 0 amide bonds. The molecule has 0 unspecified atom stereocenters. The van der Waals surface area contributed by atoms with Gasteiger partial charge in [0.25, 0.3) is 0 Å². The number of hydrogen-bond acceptors (Lipinski definition) is 4. The Morgan fingerprint density at radius 3 is 2.47 bits per heavy atom. The Labute approximate surface area is 121 Å². The van der Waals surface area contributed by atoms with Crippen LogP contribution < -0.4 is 10.0 Å². The minimum atomic E-state index is -3.37. The highest BCUT2D eigenvalue weighted by atomic mass is 35.5. The van der Waals surface area contributed by atoms with E-state index in [2.05, 4.69) is 10.0 Å². The largest absolute Gasteiger partial charge is 0.380 e. The Morgan fingerprint density at radius 1 is 1.26 bits per heavy atom. The van der Waals surface area contributed by atoms with Crippen LogP contribution >= 0.6 is 22.9 Å². The molecule has 0 radical (unpaired) electrons. The highest BCUT2D eigenvalue weighted by molar-refractivity contribution is 7.89. The second-order valence-electron chi connectivity index (χ2n) is 3.82. The highest BCUT2D eigenvalue weighted by Crippen LogP contribution is 2.20. The molecule has 0 bridgehead atoms. The molecule has 0 aliphatic carbocycles. The molecule has 7 heteroatoms. The molecule has 0 saturated carbocycles. The number of nitrogens with one attached hydrogen (secondary N) is 2. The summed E-state index contributed by atoms with van der Waals surface area (Å²) in [5.41, 5.74) is 0.861. The van der Waals surface area contributed by atoms with Crippen LogP contribution in [0.2, 0.25) is 5.02 Å². The molecular weight excluding hydrogens is 304 g/mol. The van der Waals surface area contributed by atoms with Gasteiger partial charge < -0.3 is 5.32 Å². The van der Waals surface area contributed by atoms with Gasteiger partial charge in [0.1, 0.15) is 0 Å². The molecule has 0 aliphatic heterocycles. The summed E-state index contributed by atoms with van der Waals surface area (Å²) in [6.45, 7) is 0.662. The molecular formula is C12H13ClN2O2S2. The summed E-state index contributed by atoms with van der Waals surface area (Å²) in [5.74, 6) is 0. The van der Waals surface area contributed by atoms with Gasteiger partial charge in [-0.25, -0.2) is 13.1 Å². The van der Waals surface area contributed by atoms with Gasteiger partial charge in [-0.2, -0.15) is 0 Å². The zero-order valence-corrected chi connectivity index (χ0v) is 12.6. The Hall–Kier alpha value is -1.08. The van der Waals surface area contributed by atoms with Crippen molar-refractivity contribution in [3.8, 4) is 0 Å². The fraction of sp³-hybridized carbons (Fsp3) is 0.167. The third-order valence-electron chi connectivity index (χ3n) is 2.52. The van der Waals surface area contributed by atoms with Gasteiger partial charge >= 0.3 is 0 Å². The Balaban J connectivity index is 2.03. The lowest BCUT2D eigenvalue weighted by Crippen LogP contribution is -2.18. The number of thiophene rings is 1. The summed E-state index contributed by atoms with van der Waals surface area (Å²) in [4.78, 5) is 1.37. The molecule has 19 heavy (non-hydrogen) atoms. The first-order valence-electron chi connectivity index (χ1n) is 5.51. The van der Waals surface area contributed by atoms with Crippen molar-refractivity contribution in [3.05, 3.63) is 45.6 Å². The minimum Gasteiger partial charge on any atom is -0.380 e. The van der Waals surface area contributed by atoms with Gasteiger partial charge in [0.2, 0.25) is 10.0 Å². The molecule has 0 fully saturated rings. The Kier molecular flexibility index (Phi) is 4.46. The van der Waals surface area contributed by atoms with Crippen molar-refractivity contribution in [1.29, 1.82) is 0 Å². The van der Waals surface area contributed by atoms with Crippen molar-refractivity contribution in [3.63, 3.8) is 0 Å². The topological polar surface area (TPSA) is 58.2 Å². The predicted octanol–water partition coefficient (Wildman–Crippen LogP) is 2.92. The molecule has 0 aliphatic rings. The maximum atomic E-state index is 11.5. The summed E-state index contributed by atoms with van der Waals surface area (Å²) in [5, 5.41) is 5.82. The van der Waals surface area contributed by atoms with Crippen LogP contribution in [-0.4, -0.2) is 15.5 Å². The van der Waals surface area contributed by atoms with E-state index in [0.29, 0.717) is 6.54 Å². The third kappa shape index (κ3) is 3.70. The van der Waals surface area contributed by atoms with E-state index in [4.69, 9.17) is 11.6 Å². The quantitative estimate of drug-likeness (QED) is 0.891. The predicted molar refractivity (Wildman–Crippen MR) is 79.3 cm³/mol. The van der Waals surface area contributed by atoms with Crippen LogP contribution in [0.15, 0.2) is 40.6 Å². The fourth-order valence-electron chi connectivity index (χ4n) is 1.51. The number of benzene rings is 1. The second-order valence-corrected chi connectivity index (χ2v) is 7.14. The summed E-state index contributed by atoms with van der Waals surface area (Å²) in [6.07, 6.45) is 0. The number of halogens is 1. The van der Waals surface area contributed by atoms with Crippen molar-refractivity contribution >= 4 is 38.6 Å². The van der Waals surface area contributed by atoms with Gasteiger partial charge in [0.15, 0.2) is 0 Å². The van der Waals surface area contributed by atoms with Crippen molar-refractivity contribution in [2.75, 3.05) is 12.4 Å². The number of anilines is 1. The molecule has 0 spiro atoms. The lowest BCUT2D eigenvalue weighted by Gasteiger charge is -2.06. The lowest BCUT2D eigenvalue weighted by molar-refractivity contribution is 0.588. The van der Waals surface area contributed by atoms with Gasteiger partial charge in [-0.15, -0.1) is 11.3 Å². The first-order chi connectivity index (χ1) is 9.01. The van der Waals surface area contributed by atoms with E-state index in [1.54, 1.807) is 35.6 Å². The van der Waals surface area contributed by atoms with E-state index >= 15 is 0 Å². The Morgan fingerprint density at radius 2 is 1.95 bits per heavy atom. The monoisotopic (exact) mass is 316 g/mol. The standard InChI is InChI=1S/C12H13ClN2O2S2/c1-14-19(16,17)12-4-2-10(3-5-12)15-7-11-6-9(13)8-18-11/h2-6,8,14-15H,7H2,1H3. The first kappa shape index (κ1) is 14.3. The number of hydrogen-bond donors (Lipinski definition) is 2. The molecule has 1 aromatic carbocycles. The molecule has 102 valence electrons. The van der Waals surface area contributed by atoms with Crippen molar-refractivity contribution in [2.45, 2.75) is 11.4 Å². The maximum absolute atomic E-state index is 11.5. The zero-order valence-electron chi connectivity index (χ0n) is 10.2. The summed E-state index contributed by atoms with van der Waals surface area (Å²) in [6, 6.07) is 8.50. The molecule has 2 N–H and O–H groups in total. The van der Waals surface area contributed by atoms with Crippen LogP contribution in [0, 0.1) is 0 Å². The lowest BCUT2D eigenvalue weighted by atomic mass is 10.3. The number of rotatable bonds is 5. The SMILES string of the molecule is CNS(=O)(=O)c1ccc(NCc2cc(Cl)cs2)cc1. The zero-order chi connectivity index (χ0) is 13.9. The first-order valence-corrected chi connectivity index (χ1v) is 8.26.